The summed E-state index contributed by atoms with van der Waals surface area (Å²) >= 11 is 0. The number of carbonyl (C=O) groups excluding carboxylic acids is 1. The third-order valence-corrected chi connectivity index (χ3v) is 4.98. The van der Waals surface area contributed by atoms with Crippen LogP contribution in [0.5, 0.6) is 5.75 Å². The number of carboxylic acid groups (broad SMARTS) is 1. The summed E-state index contributed by atoms with van der Waals surface area (Å²) in [5.41, 5.74) is 0.851. The molecule has 0 radical (unpaired) electrons. The highest BCUT2D eigenvalue weighted by molar-refractivity contribution is 7.91. The lowest BCUT2D eigenvalue weighted by Gasteiger charge is -2.15. The zero-order valence-corrected chi connectivity index (χ0v) is 13.9. The maximum absolute atomic E-state index is 11.8. The number of para-hydroxylation sites is 1. The molecule has 0 saturated heterocycles. The number of carboxylic acids is 1. The number of carbonyl (C=O) groups is 2. The highest BCUT2D eigenvalue weighted by atomic mass is 32.2. The van der Waals surface area contributed by atoms with Gasteiger partial charge in [0.05, 0.1) is 5.75 Å². The van der Waals surface area contributed by atoms with Crippen LogP contribution >= 0.6 is 0 Å². The van der Waals surface area contributed by atoms with Gasteiger partial charge in [-0.15, -0.1) is 0 Å². The third kappa shape index (κ3) is 6.68. The molecule has 1 atom stereocenters. The van der Waals surface area contributed by atoms with Gasteiger partial charge in [0.2, 0.25) is 0 Å². The number of benzene rings is 1. The Balaban J connectivity index is 2.54. The van der Waals surface area contributed by atoms with Gasteiger partial charge in [-0.05, 0) is 25.0 Å². The largest absolute Gasteiger partial charge is 0.484 e. The molecule has 0 fully saturated rings. The number of amides is 1. The van der Waals surface area contributed by atoms with Crippen molar-refractivity contribution >= 4 is 21.7 Å². The second kappa shape index (κ2) is 8.52. The van der Waals surface area contributed by atoms with Crippen molar-refractivity contribution in [3.05, 3.63) is 29.8 Å². The van der Waals surface area contributed by atoms with Gasteiger partial charge >= 0.3 is 5.97 Å². The van der Waals surface area contributed by atoms with Crippen molar-refractivity contribution in [1.82, 2.24) is 5.32 Å². The van der Waals surface area contributed by atoms with Gasteiger partial charge in [-0.2, -0.15) is 0 Å². The van der Waals surface area contributed by atoms with E-state index in [2.05, 4.69) is 5.32 Å². The van der Waals surface area contributed by atoms with E-state index in [0.29, 0.717) is 5.75 Å². The normalized spacial score (nSPS) is 12.4. The first kappa shape index (κ1) is 19.0. The number of hydrogen-bond donors (Lipinski definition) is 2. The maximum Gasteiger partial charge on any atom is 0.326 e. The summed E-state index contributed by atoms with van der Waals surface area (Å²) in [6.45, 7) is 2.97. The standard InChI is InChI=1S/C15H21NO6S/c1-3-23(20,21)9-8-12(15(18)19)16-14(17)10-22-13-7-5-4-6-11(13)2/h4-7,12H,3,8-10H2,1-2H3,(H,16,17)(H,18,19). The Morgan fingerprint density at radius 1 is 1.30 bits per heavy atom. The van der Waals surface area contributed by atoms with E-state index >= 15 is 0 Å². The van der Waals surface area contributed by atoms with Gasteiger partial charge in [-0.25, -0.2) is 13.2 Å². The molecule has 1 aromatic rings. The molecule has 1 aromatic carbocycles. The van der Waals surface area contributed by atoms with Crippen molar-refractivity contribution in [3.8, 4) is 5.75 Å². The van der Waals surface area contributed by atoms with E-state index in [-0.39, 0.29) is 24.5 Å². The molecule has 0 aromatic heterocycles. The van der Waals surface area contributed by atoms with Gasteiger partial charge in [0.25, 0.3) is 5.91 Å². The second-order valence-electron chi connectivity index (χ2n) is 5.04. The predicted molar refractivity (Wildman–Crippen MR) is 85.2 cm³/mol. The highest BCUT2D eigenvalue weighted by Crippen LogP contribution is 2.15. The van der Waals surface area contributed by atoms with Crippen LogP contribution in [0.4, 0.5) is 0 Å². The molecule has 128 valence electrons. The Bertz CT molecular complexity index is 656. The highest BCUT2D eigenvalue weighted by Gasteiger charge is 2.22. The van der Waals surface area contributed by atoms with Gasteiger partial charge in [-0.1, -0.05) is 25.1 Å². The zero-order chi connectivity index (χ0) is 17.5. The molecule has 0 saturated carbocycles. The first-order valence-electron chi connectivity index (χ1n) is 7.16. The van der Waals surface area contributed by atoms with Crippen LogP contribution < -0.4 is 10.1 Å². The Kier molecular flexibility index (Phi) is 7.02. The van der Waals surface area contributed by atoms with Crippen LogP contribution in [0.2, 0.25) is 0 Å². The van der Waals surface area contributed by atoms with E-state index in [1.807, 2.05) is 19.1 Å². The van der Waals surface area contributed by atoms with E-state index in [0.717, 1.165) is 5.56 Å². The Morgan fingerprint density at radius 2 is 1.96 bits per heavy atom. The molecule has 1 amide bonds. The number of hydrogen-bond acceptors (Lipinski definition) is 5. The lowest BCUT2D eigenvalue weighted by molar-refractivity contribution is -0.142. The molecule has 1 unspecified atom stereocenters. The average Bonchev–Trinajstić information content (AvgIpc) is 2.50. The van der Waals surface area contributed by atoms with Crippen LogP contribution in [0.25, 0.3) is 0 Å². The number of aliphatic carboxylic acids is 1. The van der Waals surface area contributed by atoms with Gasteiger partial charge < -0.3 is 15.2 Å². The number of aryl methyl sites for hydroxylation is 1. The summed E-state index contributed by atoms with van der Waals surface area (Å²) in [5, 5.41) is 11.3. The van der Waals surface area contributed by atoms with Crippen molar-refractivity contribution in [2.45, 2.75) is 26.3 Å². The van der Waals surface area contributed by atoms with E-state index in [1.54, 1.807) is 12.1 Å². The first-order valence-corrected chi connectivity index (χ1v) is 8.98. The van der Waals surface area contributed by atoms with Gasteiger partial charge in [0.1, 0.15) is 21.6 Å². The summed E-state index contributed by atoms with van der Waals surface area (Å²) < 4.78 is 28.2. The van der Waals surface area contributed by atoms with E-state index in [4.69, 9.17) is 9.84 Å². The lowest BCUT2D eigenvalue weighted by Crippen LogP contribution is -2.44. The Morgan fingerprint density at radius 3 is 2.52 bits per heavy atom. The molecule has 0 aliphatic heterocycles. The maximum atomic E-state index is 11.8. The summed E-state index contributed by atoms with van der Waals surface area (Å²) in [4.78, 5) is 22.9. The minimum absolute atomic E-state index is 0.0658. The van der Waals surface area contributed by atoms with Gasteiger partial charge in [-0.3, -0.25) is 4.79 Å². The fourth-order valence-electron chi connectivity index (χ4n) is 1.80. The van der Waals surface area contributed by atoms with Crippen LogP contribution in [-0.2, 0) is 19.4 Å². The summed E-state index contributed by atoms with van der Waals surface area (Å²) in [7, 11) is -3.29. The molecule has 23 heavy (non-hydrogen) atoms. The van der Waals surface area contributed by atoms with Crippen molar-refractivity contribution in [2.24, 2.45) is 0 Å². The van der Waals surface area contributed by atoms with Crippen molar-refractivity contribution in [2.75, 3.05) is 18.1 Å². The smallest absolute Gasteiger partial charge is 0.326 e. The van der Waals surface area contributed by atoms with Crippen LogP contribution in [0, 0.1) is 6.92 Å². The monoisotopic (exact) mass is 343 g/mol. The third-order valence-electron chi connectivity index (χ3n) is 3.24. The van der Waals surface area contributed by atoms with E-state index in [9.17, 15) is 18.0 Å². The van der Waals surface area contributed by atoms with Crippen LogP contribution in [0.1, 0.15) is 18.9 Å². The van der Waals surface area contributed by atoms with Crippen molar-refractivity contribution in [1.29, 1.82) is 0 Å². The van der Waals surface area contributed by atoms with Crippen LogP contribution in [-0.4, -0.2) is 49.6 Å². The summed E-state index contributed by atoms with van der Waals surface area (Å²) in [6.07, 6.45) is -0.179. The Hall–Kier alpha value is -2.09. The van der Waals surface area contributed by atoms with Crippen molar-refractivity contribution in [3.63, 3.8) is 0 Å². The van der Waals surface area contributed by atoms with Crippen LogP contribution in [0.15, 0.2) is 24.3 Å². The van der Waals surface area contributed by atoms with E-state index < -0.39 is 27.8 Å². The van der Waals surface area contributed by atoms with Gasteiger partial charge in [0.15, 0.2) is 6.61 Å². The summed E-state index contributed by atoms with van der Waals surface area (Å²) in [5.74, 6) is -1.72. The number of nitrogens with one attached hydrogen (secondary N) is 1. The fraction of sp³-hybridized carbons (Fsp3) is 0.467. The van der Waals surface area contributed by atoms with E-state index in [1.165, 1.54) is 6.92 Å². The number of rotatable bonds is 9. The number of sulfone groups is 1. The topological polar surface area (TPSA) is 110 Å². The first-order chi connectivity index (χ1) is 10.7. The molecule has 0 aliphatic rings. The SMILES string of the molecule is CCS(=O)(=O)CCC(NC(=O)COc1ccccc1C)C(=O)O. The molecule has 0 aliphatic carbocycles. The molecular formula is C15H21NO6S. The summed E-state index contributed by atoms with van der Waals surface area (Å²) in [6, 6.07) is 5.85. The molecule has 8 heteroatoms. The molecule has 0 spiro atoms. The lowest BCUT2D eigenvalue weighted by atomic mass is 10.2. The average molecular weight is 343 g/mol. The Labute approximate surface area is 135 Å². The molecule has 7 nitrogen and oxygen atoms in total. The second-order valence-corrected chi connectivity index (χ2v) is 7.51. The molecule has 1 rings (SSSR count). The predicted octanol–water partition coefficient (Wildman–Crippen LogP) is 0.768. The van der Waals surface area contributed by atoms with Gasteiger partial charge in [0, 0.05) is 5.75 Å². The fourth-order valence-corrected chi connectivity index (χ4v) is 2.68. The quantitative estimate of drug-likeness (QED) is 0.685. The molecule has 0 heterocycles. The number of ether oxygens (including phenoxy) is 1. The molecule has 0 bridgehead atoms. The van der Waals surface area contributed by atoms with Crippen LogP contribution in [0.3, 0.4) is 0 Å². The minimum Gasteiger partial charge on any atom is -0.484 e. The zero-order valence-electron chi connectivity index (χ0n) is 13.1. The minimum atomic E-state index is -3.29. The van der Waals surface area contributed by atoms with Crippen molar-refractivity contribution < 1.29 is 27.9 Å². The molecule has 2 N–H and O–H groups in total. The molecular weight excluding hydrogens is 322 g/mol.